The summed E-state index contributed by atoms with van der Waals surface area (Å²) in [6, 6.07) is 10.2. The maximum atomic E-state index is 12.4. The van der Waals surface area contributed by atoms with Crippen LogP contribution in [0.2, 0.25) is 0 Å². The van der Waals surface area contributed by atoms with E-state index < -0.39 is 0 Å². The third-order valence-corrected chi connectivity index (χ3v) is 5.57. The van der Waals surface area contributed by atoms with Gasteiger partial charge in [-0.3, -0.25) is 14.3 Å². The van der Waals surface area contributed by atoms with Gasteiger partial charge in [0.2, 0.25) is 11.8 Å². The second kappa shape index (κ2) is 38.6. The largest absolute Gasteiger partial charge is 0.359 e. The summed E-state index contributed by atoms with van der Waals surface area (Å²) < 4.78 is 1.90. The van der Waals surface area contributed by atoms with Crippen molar-refractivity contribution in [3.8, 4) is 25.7 Å². The molecule has 2 heterocycles. The van der Waals surface area contributed by atoms with Crippen LogP contribution >= 0.6 is 0 Å². The van der Waals surface area contributed by atoms with Crippen molar-refractivity contribution >= 4 is 11.8 Å². The normalized spacial score (nSPS) is 11.1. The van der Waals surface area contributed by atoms with Gasteiger partial charge in [0.1, 0.15) is 12.7 Å². The Labute approximate surface area is 270 Å². The lowest BCUT2D eigenvalue weighted by atomic mass is 9.80. The number of likely N-dealkylation sites (tertiary alicyclic amines) is 1. The predicted molar refractivity (Wildman–Crippen MR) is 192 cm³/mol. The monoisotopic (exact) mass is 607 g/mol. The second-order valence-corrected chi connectivity index (χ2v) is 8.68. The minimum atomic E-state index is 0.0926. The van der Waals surface area contributed by atoms with Gasteiger partial charge in [-0.25, -0.2) is 4.98 Å². The second-order valence-electron chi connectivity index (χ2n) is 8.68. The van der Waals surface area contributed by atoms with E-state index in [0.29, 0.717) is 12.8 Å². The molecule has 1 N–H and O–H groups in total. The molecule has 0 aliphatic carbocycles. The zero-order valence-corrected chi connectivity index (χ0v) is 29.0. The number of carbonyl (C=O) groups is 2. The molecule has 1 fully saturated rings. The minimum Gasteiger partial charge on any atom is -0.359 e. The Kier molecular flexibility index (Phi) is 43.3. The summed E-state index contributed by atoms with van der Waals surface area (Å²) in [6.07, 6.45) is 28.4. The minimum absolute atomic E-state index is 0.0926. The van der Waals surface area contributed by atoms with E-state index in [4.69, 9.17) is 0 Å². The maximum Gasteiger partial charge on any atom is 0.222 e. The maximum absolute atomic E-state index is 12.4. The van der Waals surface area contributed by atoms with Crippen molar-refractivity contribution in [2.75, 3.05) is 20.1 Å². The average Bonchev–Trinajstić information content (AvgIpc) is 3.61. The number of piperidine rings is 1. The molecule has 2 amide bonds. The van der Waals surface area contributed by atoms with E-state index in [-0.39, 0.29) is 17.2 Å². The smallest absolute Gasteiger partial charge is 0.222 e. The van der Waals surface area contributed by atoms with Gasteiger partial charge in [-0.1, -0.05) is 103 Å². The van der Waals surface area contributed by atoms with Crippen molar-refractivity contribution in [3.63, 3.8) is 0 Å². The summed E-state index contributed by atoms with van der Waals surface area (Å²) in [6.45, 7) is 26.6. The van der Waals surface area contributed by atoms with Crippen molar-refractivity contribution in [2.24, 2.45) is 5.41 Å². The highest BCUT2D eigenvalue weighted by Crippen LogP contribution is 2.32. The lowest BCUT2D eigenvalue weighted by Crippen LogP contribution is -2.43. The first-order valence-electron chi connectivity index (χ1n) is 15.1. The van der Waals surface area contributed by atoms with E-state index in [2.05, 4.69) is 79.9 Å². The molecule has 0 saturated carbocycles. The number of amides is 2. The highest BCUT2D eigenvalue weighted by molar-refractivity contribution is 5.76. The highest BCUT2D eigenvalue weighted by atomic mass is 16.2. The molecule has 44 heavy (non-hydrogen) atoms. The van der Waals surface area contributed by atoms with Gasteiger partial charge in [0.05, 0.1) is 0 Å². The molecule has 1 aromatic carbocycles. The Balaban J connectivity index is -0.000000200. The van der Waals surface area contributed by atoms with E-state index in [1.54, 1.807) is 37.9 Å². The zero-order valence-electron chi connectivity index (χ0n) is 29.0. The lowest BCUT2D eigenvalue weighted by Gasteiger charge is -2.39. The number of terminal acetylenes is 2. The summed E-state index contributed by atoms with van der Waals surface area (Å²) in [5.41, 5.74) is 1.43. The van der Waals surface area contributed by atoms with Crippen molar-refractivity contribution < 1.29 is 9.59 Å². The molecular weight excluding hydrogens is 546 g/mol. The molecule has 0 spiro atoms. The summed E-state index contributed by atoms with van der Waals surface area (Å²) in [5.74, 6) is 0.367. The first kappa shape index (κ1) is 49.3. The van der Waals surface area contributed by atoms with Gasteiger partial charge in [-0.2, -0.15) is 5.10 Å². The number of aryl methyl sites for hydroxylation is 1. The molecule has 0 atom stereocenters. The number of carbonyl (C=O) groups excluding carboxylic acids is 2. The molecule has 2 aromatic rings. The summed E-state index contributed by atoms with van der Waals surface area (Å²) in [5, 5.41) is 6.67. The third kappa shape index (κ3) is 29.1. The van der Waals surface area contributed by atoms with Crippen LogP contribution in [0.15, 0.2) is 81.0 Å². The average molecular weight is 608 g/mol. The molecule has 246 valence electrons. The number of nitrogens with one attached hydrogen (secondary N) is 1. The molecule has 7 nitrogen and oxygen atoms in total. The van der Waals surface area contributed by atoms with Crippen LogP contribution < -0.4 is 5.32 Å². The number of benzene rings is 1. The SMILES string of the molecule is C#C.C#C.C=CC.C=CC=C.CC.CC.CC1(Cn2cncn2)CCN(C(=O)CCc2ccccc2)CC1.CCC(=O)NC. The third-order valence-electron chi connectivity index (χ3n) is 5.57. The van der Waals surface area contributed by atoms with Gasteiger partial charge in [0, 0.05) is 39.5 Å². The molecule has 7 heteroatoms. The first-order chi connectivity index (χ1) is 21.3. The molecule has 1 aliphatic rings. The Bertz CT molecular complexity index is 938. The summed E-state index contributed by atoms with van der Waals surface area (Å²) in [7, 11) is 1.63. The number of nitrogens with zero attached hydrogens (tertiary/aromatic N) is 4. The lowest BCUT2D eigenvalue weighted by molar-refractivity contribution is -0.133. The Morgan fingerprint density at radius 2 is 1.45 bits per heavy atom. The van der Waals surface area contributed by atoms with Gasteiger partial charge < -0.3 is 10.2 Å². The quantitative estimate of drug-likeness (QED) is 0.198. The van der Waals surface area contributed by atoms with E-state index >= 15 is 0 Å². The first-order valence-corrected chi connectivity index (χ1v) is 15.1. The Hall–Kier alpha value is -4.36. The van der Waals surface area contributed by atoms with Crippen LogP contribution in [0.4, 0.5) is 0 Å². The number of allylic oxidation sites excluding steroid dienone is 3. The predicted octanol–water partition coefficient (Wildman–Crippen LogP) is 7.78. The highest BCUT2D eigenvalue weighted by Gasteiger charge is 2.32. The van der Waals surface area contributed by atoms with Gasteiger partial charge in [0.25, 0.3) is 0 Å². The molecule has 3 rings (SSSR count). The van der Waals surface area contributed by atoms with Crippen molar-refractivity contribution in [2.45, 2.75) is 87.1 Å². The number of hydrogen-bond donors (Lipinski definition) is 1. The molecule has 0 radical (unpaired) electrons. The molecule has 1 saturated heterocycles. The summed E-state index contributed by atoms with van der Waals surface area (Å²) in [4.78, 5) is 28.5. The fourth-order valence-electron chi connectivity index (χ4n) is 3.39. The number of rotatable bonds is 7. The van der Waals surface area contributed by atoms with Crippen LogP contribution in [0, 0.1) is 31.1 Å². The van der Waals surface area contributed by atoms with Crippen molar-refractivity contribution in [1.82, 2.24) is 25.0 Å². The van der Waals surface area contributed by atoms with Crippen LogP contribution in [-0.2, 0) is 22.6 Å². The van der Waals surface area contributed by atoms with Crippen LogP contribution in [-0.4, -0.2) is 51.6 Å². The van der Waals surface area contributed by atoms with Crippen molar-refractivity contribution in [1.29, 1.82) is 0 Å². The standard InChI is InChI=1S/C18H24N4O.C4H9NO.C4H6.C3H6.2C2H6.2C2H2/c1-18(13-22-15-19-14-20-22)9-11-21(12-10-18)17(23)8-7-16-5-3-2-4-6-16;1-3-4(6)5-2;1-3-4-2;1-3-2;4*1-2/h2-6,14-15H,7-13H2,1H3;3H2,1-2H3,(H,5,6);3-4H,1-2H2;3H,1H2,2H3;2*1-2H3;2*1-2H. The van der Waals surface area contributed by atoms with E-state index in [1.165, 1.54) is 5.56 Å². The number of aromatic nitrogens is 3. The van der Waals surface area contributed by atoms with Crippen LogP contribution in [0.3, 0.4) is 0 Å². The molecule has 1 aliphatic heterocycles. The van der Waals surface area contributed by atoms with Gasteiger partial charge in [-0.05, 0) is 37.2 Å². The van der Waals surface area contributed by atoms with E-state index in [1.807, 2.05) is 69.3 Å². The van der Waals surface area contributed by atoms with Gasteiger partial charge in [0.15, 0.2) is 0 Å². The topological polar surface area (TPSA) is 80.1 Å². The molecular formula is C37H61N5O2. The van der Waals surface area contributed by atoms with Crippen LogP contribution in [0.25, 0.3) is 0 Å². The Morgan fingerprint density at radius 1 is 0.977 bits per heavy atom. The van der Waals surface area contributed by atoms with E-state index in [9.17, 15) is 9.59 Å². The fraction of sp³-hybridized carbons (Fsp3) is 0.459. The van der Waals surface area contributed by atoms with Gasteiger partial charge in [-0.15, -0.1) is 32.3 Å². The van der Waals surface area contributed by atoms with Crippen LogP contribution in [0.1, 0.15) is 79.7 Å². The van der Waals surface area contributed by atoms with E-state index in [0.717, 1.165) is 38.9 Å². The molecule has 0 bridgehead atoms. The Morgan fingerprint density at radius 3 is 1.80 bits per heavy atom. The summed E-state index contributed by atoms with van der Waals surface area (Å²) >= 11 is 0. The molecule has 1 aromatic heterocycles. The van der Waals surface area contributed by atoms with Crippen LogP contribution in [0.5, 0.6) is 0 Å². The molecule has 0 unspecified atom stereocenters. The fourth-order valence-corrected chi connectivity index (χ4v) is 3.39. The zero-order chi connectivity index (χ0) is 35.2. The number of hydrogen-bond acceptors (Lipinski definition) is 4. The van der Waals surface area contributed by atoms with Gasteiger partial charge >= 0.3 is 0 Å². The van der Waals surface area contributed by atoms with Crippen molar-refractivity contribution in [3.05, 3.63) is 86.5 Å².